The van der Waals surface area contributed by atoms with Crippen LogP contribution in [0.5, 0.6) is 0 Å². The van der Waals surface area contributed by atoms with E-state index in [1.165, 1.54) is 0 Å². The third kappa shape index (κ3) is 2.57. The first-order valence-electron chi connectivity index (χ1n) is 8.09. The van der Waals surface area contributed by atoms with Crippen molar-refractivity contribution in [3.05, 3.63) is 35.8 Å². The third-order valence-electron chi connectivity index (χ3n) is 4.74. The molecule has 1 unspecified atom stereocenters. The van der Waals surface area contributed by atoms with Crippen molar-refractivity contribution in [1.29, 1.82) is 0 Å². The molecular weight excluding hydrogens is 310 g/mol. The summed E-state index contributed by atoms with van der Waals surface area (Å²) in [6, 6.07) is 3.63. The van der Waals surface area contributed by atoms with E-state index in [1.54, 1.807) is 22.1 Å². The van der Waals surface area contributed by atoms with Crippen molar-refractivity contribution in [2.75, 3.05) is 13.1 Å². The van der Waals surface area contributed by atoms with Crippen molar-refractivity contribution >= 4 is 11.8 Å². The highest BCUT2D eigenvalue weighted by atomic mass is 16.3. The summed E-state index contributed by atoms with van der Waals surface area (Å²) in [7, 11) is 0. The Labute approximate surface area is 139 Å². The van der Waals surface area contributed by atoms with Gasteiger partial charge in [-0.25, -0.2) is 0 Å². The van der Waals surface area contributed by atoms with E-state index < -0.39 is 0 Å². The van der Waals surface area contributed by atoms with Gasteiger partial charge in [0, 0.05) is 26.1 Å². The van der Waals surface area contributed by atoms with Crippen LogP contribution in [0.2, 0.25) is 0 Å². The lowest BCUT2D eigenvalue weighted by Gasteiger charge is -2.29. The number of amides is 2. The zero-order valence-electron chi connectivity index (χ0n) is 13.5. The van der Waals surface area contributed by atoms with Crippen LogP contribution in [-0.4, -0.2) is 49.5 Å². The van der Waals surface area contributed by atoms with Gasteiger partial charge < -0.3 is 18.8 Å². The Kier molecular flexibility index (Phi) is 3.59. The molecule has 8 heteroatoms. The number of furan rings is 1. The van der Waals surface area contributed by atoms with E-state index in [9.17, 15) is 9.59 Å². The quantitative estimate of drug-likeness (QED) is 0.822. The van der Waals surface area contributed by atoms with E-state index in [0.717, 1.165) is 17.4 Å². The molecule has 2 aliphatic rings. The van der Waals surface area contributed by atoms with Crippen LogP contribution in [-0.2, 0) is 29.2 Å². The minimum Gasteiger partial charge on any atom is -0.467 e. The summed E-state index contributed by atoms with van der Waals surface area (Å²) in [4.78, 5) is 28.4. The number of likely N-dealkylation sites (tertiary alicyclic amines) is 1. The van der Waals surface area contributed by atoms with Gasteiger partial charge in [0.2, 0.25) is 11.8 Å². The van der Waals surface area contributed by atoms with E-state index in [2.05, 4.69) is 10.2 Å². The number of aryl methyl sites for hydroxylation is 1. The first-order valence-corrected chi connectivity index (χ1v) is 8.09. The molecule has 2 aromatic rings. The predicted molar refractivity (Wildman–Crippen MR) is 82.4 cm³/mol. The van der Waals surface area contributed by atoms with E-state index in [-0.39, 0.29) is 24.2 Å². The molecule has 2 aromatic heterocycles. The lowest BCUT2D eigenvalue weighted by molar-refractivity contribution is -0.137. The average Bonchev–Trinajstić information content (AvgIpc) is 3.30. The molecule has 4 heterocycles. The van der Waals surface area contributed by atoms with Gasteiger partial charge in [0.05, 0.1) is 25.3 Å². The molecule has 1 fully saturated rings. The van der Waals surface area contributed by atoms with Crippen LogP contribution in [0.4, 0.5) is 0 Å². The van der Waals surface area contributed by atoms with Gasteiger partial charge in [-0.2, -0.15) is 0 Å². The fourth-order valence-electron chi connectivity index (χ4n) is 3.43. The first kappa shape index (κ1) is 14.9. The summed E-state index contributed by atoms with van der Waals surface area (Å²) in [5.41, 5.74) is 0. The van der Waals surface area contributed by atoms with Gasteiger partial charge in [-0.15, -0.1) is 10.2 Å². The number of hydrogen-bond donors (Lipinski definition) is 0. The molecule has 0 aromatic carbocycles. The Morgan fingerprint density at radius 3 is 3.04 bits per heavy atom. The second-order valence-electron chi connectivity index (χ2n) is 6.33. The van der Waals surface area contributed by atoms with E-state index in [1.807, 2.05) is 17.6 Å². The van der Waals surface area contributed by atoms with Crippen molar-refractivity contribution in [3.8, 4) is 0 Å². The first-order chi connectivity index (χ1) is 11.6. The molecule has 126 valence electrons. The highest BCUT2D eigenvalue weighted by molar-refractivity contribution is 5.89. The van der Waals surface area contributed by atoms with Gasteiger partial charge in [0.15, 0.2) is 5.82 Å². The second kappa shape index (κ2) is 5.77. The highest BCUT2D eigenvalue weighted by Gasteiger charge is 2.37. The van der Waals surface area contributed by atoms with Crippen LogP contribution in [0.1, 0.15) is 23.8 Å². The van der Waals surface area contributed by atoms with Gasteiger partial charge in [0.25, 0.3) is 0 Å². The van der Waals surface area contributed by atoms with Gasteiger partial charge in [-0.05, 0) is 19.1 Å². The molecule has 24 heavy (non-hydrogen) atoms. The number of rotatable bonds is 3. The largest absolute Gasteiger partial charge is 0.467 e. The summed E-state index contributed by atoms with van der Waals surface area (Å²) in [6.45, 7) is 4.58. The molecule has 0 N–H and O–H groups in total. The lowest BCUT2D eigenvalue weighted by Crippen LogP contribution is -2.42. The Balaban J connectivity index is 1.41. The van der Waals surface area contributed by atoms with Crippen molar-refractivity contribution in [2.45, 2.75) is 33.0 Å². The zero-order valence-corrected chi connectivity index (χ0v) is 13.5. The standard InChI is InChI=1S/C16H19N5O3/c1-11-17-18-14-10-19(4-5-21(11)14)16(23)12-7-15(22)20(8-12)9-13-3-2-6-24-13/h2-3,6,12H,4-5,7-10H2,1H3. The molecule has 2 aliphatic heterocycles. The molecule has 0 aliphatic carbocycles. The maximum atomic E-state index is 12.8. The van der Waals surface area contributed by atoms with Gasteiger partial charge in [-0.3, -0.25) is 9.59 Å². The minimum atomic E-state index is -0.289. The molecule has 0 radical (unpaired) electrons. The van der Waals surface area contributed by atoms with Crippen molar-refractivity contribution in [1.82, 2.24) is 24.6 Å². The van der Waals surface area contributed by atoms with Crippen LogP contribution < -0.4 is 0 Å². The van der Waals surface area contributed by atoms with Crippen molar-refractivity contribution in [2.24, 2.45) is 5.92 Å². The van der Waals surface area contributed by atoms with Crippen molar-refractivity contribution in [3.63, 3.8) is 0 Å². The molecule has 0 bridgehead atoms. The number of carbonyl (C=O) groups excluding carboxylic acids is 2. The molecular formula is C16H19N5O3. The molecule has 4 rings (SSSR count). The van der Waals surface area contributed by atoms with Crippen LogP contribution in [0.3, 0.4) is 0 Å². The zero-order chi connectivity index (χ0) is 16.7. The maximum absolute atomic E-state index is 12.8. The molecule has 0 saturated carbocycles. The average molecular weight is 329 g/mol. The fraction of sp³-hybridized carbons (Fsp3) is 0.500. The van der Waals surface area contributed by atoms with Gasteiger partial charge in [-0.1, -0.05) is 0 Å². The van der Waals surface area contributed by atoms with Crippen molar-refractivity contribution < 1.29 is 14.0 Å². The normalized spacial score (nSPS) is 20.5. The number of carbonyl (C=O) groups is 2. The van der Waals surface area contributed by atoms with Gasteiger partial charge >= 0.3 is 0 Å². The lowest BCUT2D eigenvalue weighted by atomic mass is 10.1. The van der Waals surface area contributed by atoms with Crippen LogP contribution in [0.15, 0.2) is 22.8 Å². The molecule has 8 nitrogen and oxygen atoms in total. The van der Waals surface area contributed by atoms with Crippen LogP contribution in [0.25, 0.3) is 0 Å². The van der Waals surface area contributed by atoms with Crippen LogP contribution >= 0.6 is 0 Å². The number of fused-ring (bicyclic) bond motifs is 1. The molecule has 1 saturated heterocycles. The monoisotopic (exact) mass is 329 g/mol. The smallest absolute Gasteiger partial charge is 0.228 e. The SMILES string of the molecule is Cc1nnc2n1CCN(C(=O)C1CC(=O)N(Cc3ccco3)C1)C2. The number of nitrogens with zero attached hydrogens (tertiary/aromatic N) is 5. The maximum Gasteiger partial charge on any atom is 0.228 e. The molecule has 1 atom stereocenters. The number of aromatic nitrogens is 3. The Hall–Kier alpha value is -2.64. The fourth-order valence-corrected chi connectivity index (χ4v) is 3.43. The van der Waals surface area contributed by atoms with Crippen LogP contribution in [0, 0.1) is 12.8 Å². The summed E-state index contributed by atoms with van der Waals surface area (Å²) >= 11 is 0. The topological polar surface area (TPSA) is 84.5 Å². The summed E-state index contributed by atoms with van der Waals surface area (Å²) in [5.74, 6) is 2.15. The summed E-state index contributed by atoms with van der Waals surface area (Å²) in [5, 5.41) is 8.18. The number of hydrogen-bond acceptors (Lipinski definition) is 5. The van der Waals surface area contributed by atoms with E-state index >= 15 is 0 Å². The van der Waals surface area contributed by atoms with Gasteiger partial charge in [0.1, 0.15) is 11.6 Å². The summed E-state index contributed by atoms with van der Waals surface area (Å²) in [6.07, 6.45) is 1.85. The Bertz CT molecular complexity index is 767. The Morgan fingerprint density at radius 2 is 2.25 bits per heavy atom. The minimum absolute atomic E-state index is 0.000714. The van der Waals surface area contributed by atoms with E-state index in [0.29, 0.717) is 32.7 Å². The molecule has 0 spiro atoms. The molecule has 2 amide bonds. The highest BCUT2D eigenvalue weighted by Crippen LogP contribution is 2.24. The predicted octanol–water partition coefficient (Wildman–Crippen LogP) is 0.570. The van der Waals surface area contributed by atoms with E-state index in [4.69, 9.17) is 4.42 Å². The third-order valence-corrected chi connectivity index (χ3v) is 4.74. The Morgan fingerprint density at radius 1 is 1.38 bits per heavy atom. The summed E-state index contributed by atoms with van der Waals surface area (Å²) < 4.78 is 7.32. The second-order valence-corrected chi connectivity index (χ2v) is 6.33.